The van der Waals surface area contributed by atoms with Gasteiger partial charge < -0.3 is 14.7 Å². The summed E-state index contributed by atoms with van der Waals surface area (Å²) in [4.78, 5) is 15.6. The third-order valence-corrected chi connectivity index (χ3v) is 5.18. The van der Waals surface area contributed by atoms with Crippen LogP contribution in [-0.2, 0) is 4.79 Å². The fourth-order valence-corrected chi connectivity index (χ4v) is 3.21. The van der Waals surface area contributed by atoms with Crippen LogP contribution in [0.1, 0.15) is 38.7 Å². The largest absolute Gasteiger partial charge is 0.410 e. The van der Waals surface area contributed by atoms with Crippen molar-refractivity contribution in [1.29, 1.82) is 0 Å². The van der Waals surface area contributed by atoms with Crippen LogP contribution in [0, 0.1) is 0 Å². The molecule has 7 heteroatoms. The molecule has 26 heavy (non-hydrogen) atoms. The predicted molar refractivity (Wildman–Crippen MR) is 103 cm³/mol. The lowest BCUT2D eigenvalue weighted by molar-refractivity contribution is -0.115. The molecule has 0 aliphatic carbocycles. The first-order valence-electron chi connectivity index (χ1n) is 8.62. The Morgan fingerprint density at radius 3 is 2.77 bits per heavy atom. The first-order valence-corrected chi connectivity index (χ1v) is 9.50. The summed E-state index contributed by atoms with van der Waals surface area (Å²) in [5.41, 5.74) is 2.76. The van der Waals surface area contributed by atoms with Crippen LogP contribution >= 0.6 is 11.8 Å². The Hall–Kier alpha value is -2.54. The van der Waals surface area contributed by atoms with E-state index in [1.54, 1.807) is 6.20 Å². The van der Waals surface area contributed by atoms with Crippen molar-refractivity contribution in [2.24, 2.45) is 0 Å². The van der Waals surface area contributed by atoms with Gasteiger partial charge in [-0.25, -0.2) is 0 Å². The Kier molecular flexibility index (Phi) is 5.78. The highest BCUT2D eigenvalue weighted by Crippen LogP contribution is 2.29. The number of benzene rings is 1. The monoisotopic (exact) mass is 370 g/mol. The Morgan fingerprint density at radius 2 is 2.04 bits per heavy atom. The molecule has 1 aromatic carbocycles. The molecule has 0 spiro atoms. The Labute approximate surface area is 156 Å². The molecule has 2 aromatic heterocycles. The minimum absolute atomic E-state index is 0.0922. The zero-order valence-electron chi connectivity index (χ0n) is 15.0. The summed E-state index contributed by atoms with van der Waals surface area (Å²) in [6.45, 7) is 6.12. The molecule has 0 fully saturated rings. The molecule has 0 saturated carbocycles. The Balaban J connectivity index is 1.66. The first-order chi connectivity index (χ1) is 12.6. The van der Waals surface area contributed by atoms with Crippen LogP contribution in [-0.4, -0.2) is 26.3 Å². The number of rotatable bonds is 7. The van der Waals surface area contributed by atoms with Gasteiger partial charge in [-0.05, 0) is 43.0 Å². The molecule has 2 heterocycles. The van der Waals surface area contributed by atoms with Gasteiger partial charge in [0.2, 0.25) is 5.91 Å². The van der Waals surface area contributed by atoms with Gasteiger partial charge in [-0.3, -0.25) is 4.79 Å². The van der Waals surface area contributed by atoms with Crippen LogP contribution in [0.3, 0.4) is 0 Å². The summed E-state index contributed by atoms with van der Waals surface area (Å²) in [7, 11) is 0. The summed E-state index contributed by atoms with van der Waals surface area (Å²) in [6.07, 6.45) is 2.80. The molecule has 0 radical (unpaired) electrons. The van der Waals surface area contributed by atoms with E-state index in [4.69, 9.17) is 4.42 Å². The smallest absolute Gasteiger partial charge is 0.277 e. The van der Waals surface area contributed by atoms with Gasteiger partial charge in [0, 0.05) is 11.9 Å². The lowest BCUT2D eigenvalue weighted by Gasteiger charge is -2.17. The number of H-pyrrole nitrogens is 1. The van der Waals surface area contributed by atoms with Crippen molar-refractivity contribution in [3.63, 3.8) is 0 Å². The van der Waals surface area contributed by atoms with E-state index >= 15 is 0 Å². The van der Waals surface area contributed by atoms with Gasteiger partial charge >= 0.3 is 0 Å². The molecule has 3 aromatic rings. The second-order valence-corrected chi connectivity index (χ2v) is 7.39. The van der Waals surface area contributed by atoms with Crippen molar-refractivity contribution in [2.75, 3.05) is 5.32 Å². The van der Waals surface area contributed by atoms with Gasteiger partial charge in [-0.15, -0.1) is 10.2 Å². The number of aromatic amines is 1. The highest BCUT2D eigenvalue weighted by Gasteiger charge is 2.20. The van der Waals surface area contributed by atoms with Gasteiger partial charge in [0.05, 0.1) is 5.25 Å². The molecular formula is C19H22N4O2S. The quantitative estimate of drug-likeness (QED) is 0.589. The van der Waals surface area contributed by atoms with E-state index in [1.807, 2.05) is 37.3 Å². The maximum Gasteiger partial charge on any atom is 0.277 e. The van der Waals surface area contributed by atoms with E-state index in [9.17, 15) is 4.79 Å². The van der Waals surface area contributed by atoms with Crippen molar-refractivity contribution >= 4 is 23.4 Å². The molecule has 6 nitrogen and oxygen atoms in total. The van der Waals surface area contributed by atoms with E-state index in [2.05, 4.69) is 40.4 Å². The van der Waals surface area contributed by atoms with Crippen LogP contribution in [0.15, 0.2) is 52.2 Å². The maximum atomic E-state index is 12.6. The average molecular weight is 370 g/mol. The van der Waals surface area contributed by atoms with Crippen molar-refractivity contribution in [3.8, 4) is 11.6 Å². The summed E-state index contributed by atoms with van der Waals surface area (Å²) in [6, 6.07) is 11.6. The molecule has 0 unspecified atom stereocenters. The van der Waals surface area contributed by atoms with Crippen molar-refractivity contribution in [2.45, 2.75) is 43.6 Å². The van der Waals surface area contributed by atoms with Gasteiger partial charge in [-0.1, -0.05) is 43.8 Å². The third-order valence-electron chi connectivity index (χ3n) is 4.24. The fraction of sp³-hybridized carbons (Fsp3) is 0.316. The number of para-hydroxylation sites is 1. The minimum atomic E-state index is -0.364. The highest BCUT2D eigenvalue weighted by molar-refractivity contribution is 8.00. The standard InChI is InChI=1S/C19H22N4O2S/c1-4-12(2)14-8-5-6-9-15(14)21-17(24)13(3)26-19-23-22-18(25-19)16-10-7-11-20-16/h5-13,20H,4H2,1-3H3,(H,21,24)/t12-,13-/m1/s1. The molecule has 0 bridgehead atoms. The van der Waals surface area contributed by atoms with Crippen LogP contribution in [0.4, 0.5) is 5.69 Å². The van der Waals surface area contributed by atoms with Crippen molar-refractivity contribution < 1.29 is 9.21 Å². The number of aromatic nitrogens is 3. The number of carbonyl (C=O) groups excluding carboxylic acids is 1. The Morgan fingerprint density at radius 1 is 1.23 bits per heavy atom. The molecule has 0 aliphatic rings. The number of thioether (sulfide) groups is 1. The lowest BCUT2D eigenvalue weighted by atomic mass is 9.97. The minimum Gasteiger partial charge on any atom is -0.410 e. The SMILES string of the molecule is CC[C@@H](C)c1ccccc1NC(=O)[C@@H](C)Sc1nnc(-c2ccc[nH]2)o1. The van der Waals surface area contributed by atoms with Gasteiger partial charge in [0.25, 0.3) is 11.1 Å². The highest BCUT2D eigenvalue weighted by atomic mass is 32.2. The van der Waals surface area contributed by atoms with E-state index in [1.165, 1.54) is 11.8 Å². The molecular weight excluding hydrogens is 348 g/mol. The summed E-state index contributed by atoms with van der Waals surface area (Å²) in [5, 5.41) is 11.0. The Bertz CT molecular complexity index is 860. The second-order valence-electron chi connectivity index (χ2n) is 6.10. The normalized spacial score (nSPS) is 13.3. The molecule has 3 rings (SSSR count). The predicted octanol–water partition coefficient (Wildman–Crippen LogP) is 4.70. The number of amides is 1. The van der Waals surface area contributed by atoms with E-state index in [-0.39, 0.29) is 11.2 Å². The zero-order valence-corrected chi connectivity index (χ0v) is 15.8. The molecule has 0 saturated heterocycles. The summed E-state index contributed by atoms with van der Waals surface area (Å²) in [5.74, 6) is 0.700. The molecule has 136 valence electrons. The summed E-state index contributed by atoms with van der Waals surface area (Å²) < 4.78 is 5.61. The summed E-state index contributed by atoms with van der Waals surface area (Å²) >= 11 is 1.24. The number of hydrogen-bond donors (Lipinski definition) is 2. The number of nitrogens with one attached hydrogen (secondary N) is 2. The first kappa shape index (κ1) is 18.3. The van der Waals surface area contributed by atoms with E-state index < -0.39 is 0 Å². The second kappa shape index (κ2) is 8.23. The number of nitrogens with zero attached hydrogens (tertiary/aromatic N) is 2. The van der Waals surface area contributed by atoms with Gasteiger partial charge in [-0.2, -0.15) is 0 Å². The third kappa shape index (κ3) is 4.16. The maximum absolute atomic E-state index is 12.6. The zero-order chi connectivity index (χ0) is 18.5. The number of hydrogen-bond acceptors (Lipinski definition) is 5. The topological polar surface area (TPSA) is 83.8 Å². The average Bonchev–Trinajstić information content (AvgIpc) is 3.33. The van der Waals surface area contributed by atoms with Gasteiger partial charge in [0.1, 0.15) is 5.69 Å². The van der Waals surface area contributed by atoms with Crippen molar-refractivity contribution in [1.82, 2.24) is 15.2 Å². The number of carbonyl (C=O) groups is 1. The van der Waals surface area contributed by atoms with E-state index in [0.717, 1.165) is 23.4 Å². The molecule has 2 atom stereocenters. The van der Waals surface area contributed by atoms with Crippen LogP contribution in [0.25, 0.3) is 11.6 Å². The van der Waals surface area contributed by atoms with Crippen LogP contribution in [0.5, 0.6) is 0 Å². The van der Waals surface area contributed by atoms with Crippen LogP contribution < -0.4 is 5.32 Å². The number of anilines is 1. The molecule has 1 amide bonds. The fourth-order valence-electron chi connectivity index (χ4n) is 2.53. The van der Waals surface area contributed by atoms with Crippen molar-refractivity contribution in [3.05, 3.63) is 48.2 Å². The van der Waals surface area contributed by atoms with E-state index in [0.29, 0.717) is 17.0 Å². The molecule has 2 N–H and O–H groups in total. The van der Waals surface area contributed by atoms with Crippen LogP contribution in [0.2, 0.25) is 0 Å². The lowest BCUT2D eigenvalue weighted by Crippen LogP contribution is -2.23. The molecule has 0 aliphatic heterocycles. The van der Waals surface area contributed by atoms with Gasteiger partial charge in [0.15, 0.2) is 0 Å².